The molecule has 1 heterocycles. The lowest BCUT2D eigenvalue weighted by Gasteiger charge is -2.30. The van der Waals surface area contributed by atoms with Gasteiger partial charge in [0.15, 0.2) is 0 Å². The van der Waals surface area contributed by atoms with Crippen LogP contribution in [0.5, 0.6) is 0 Å². The highest BCUT2D eigenvalue weighted by atomic mass is 16.3. The van der Waals surface area contributed by atoms with Gasteiger partial charge < -0.3 is 20.2 Å². The number of aliphatic hydroxyl groups excluding tert-OH is 1. The van der Waals surface area contributed by atoms with Gasteiger partial charge in [0.2, 0.25) is 0 Å². The molecule has 0 radical (unpaired) electrons. The molecule has 22 heavy (non-hydrogen) atoms. The van der Waals surface area contributed by atoms with Crippen molar-refractivity contribution in [2.45, 2.75) is 39.0 Å². The van der Waals surface area contributed by atoms with E-state index in [-0.39, 0.29) is 12.1 Å². The zero-order valence-corrected chi connectivity index (χ0v) is 13.6. The lowest BCUT2D eigenvalue weighted by atomic mass is 10.1. The Kier molecular flexibility index (Phi) is 6.21. The molecule has 1 aromatic carbocycles. The van der Waals surface area contributed by atoms with Crippen molar-refractivity contribution in [1.29, 1.82) is 0 Å². The molecule has 1 aromatic rings. The lowest BCUT2D eigenvalue weighted by molar-refractivity contribution is 0.0842. The minimum Gasteiger partial charge on any atom is -0.391 e. The van der Waals surface area contributed by atoms with Crippen molar-refractivity contribution in [2.75, 3.05) is 26.7 Å². The van der Waals surface area contributed by atoms with Crippen LogP contribution in [0.2, 0.25) is 0 Å². The molecule has 2 rings (SSSR count). The number of carbonyl (C=O) groups is 1. The van der Waals surface area contributed by atoms with Crippen LogP contribution >= 0.6 is 0 Å². The monoisotopic (exact) mass is 305 g/mol. The van der Waals surface area contributed by atoms with Gasteiger partial charge in [0.05, 0.1) is 6.10 Å². The minimum absolute atomic E-state index is 0.0881. The van der Waals surface area contributed by atoms with Crippen molar-refractivity contribution >= 4 is 6.03 Å². The van der Waals surface area contributed by atoms with E-state index >= 15 is 0 Å². The number of aliphatic hydroxyl groups is 1. The molecule has 1 saturated heterocycles. The largest absolute Gasteiger partial charge is 0.391 e. The standard InChI is InChI=1S/C17H27N3O2/c1-3-19(2)12-15-7-4-6-14(10-15)11-18-17(22)20-9-5-8-16(21)13-20/h4,6-7,10,16,21H,3,5,8-9,11-13H2,1-2H3,(H,18,22). The SMILES string of the molecule is CCN(C)Cc1cccc(CNC(=O)N2CCCC(O)C2)c1. The Bertz CT molecular complexity index is 493. The summed E-state index contributed by atoms with van der Waals surface area (Å²) in [4.78, 5) is 16.1. The van der Waals surface area contributed by atoms with Crippen molar-refractivity contribution in [2.24, 2.45) is 0 Å². The Morgan fingerprint density at radius 3 is 2.95 bits per heavy atom. The summed E-state index contributed by atoms with van der Waals surface area (Å²) in [6.07, 6.45) is 1.27. The fraction of sp³-hybridized carbons (Fsp3) is 0.588. The molecule has 122 valence electrons. The molecule has 0 saturated carbocycles. The fourth-order valence-corrected chi connectivity index (χ4v) is 2.69. The minimum atomic E-state index is -0.382. The first-order chi connectivity index (χ1) is 10.6. The summed E-state index contributed by atoms with van der Waals surface area (Å²) >= 11 is 0. The first-order valence-electron chi connectivity index (χ1n) is 8.05. The Labute approximate surface area is 132 Å². The molecule has 5 nitrogen and oxygen atoms in total. The summed E-state index contributed by atoms with van der Waals surface area (Å²) in [6, 6.07) is 8.22. The summed E-state index contributed by atoms with van der Waals surface area (Å²) in [5.74, 6) is 0. The van der Waals surface area contributed by atoms with E-state index in [0.717, 1.165) is 38.0 Å². The molecule has 0 bridgehead atoms. The molecular formula is C17H27N3O2. The third-order valence-electron chi connectivity index (χ3n) is 4.11. The van der Waals surface area contributed by atoms with E-state index in [9.17, 15) is 9.90 Å². The van der Waals surface area contributed by atoms with Crippen molar-refractivity contribution in [3.8, 4) is 0 Å². The van der Waals surface area contributed by atoms with Gasteiger partial charge in [-0.05, 0) is 37.6 Å². The van der Waals surface area contributed by atoms with Gasteiger partial charge in [-0.15, -0.1) is 0 Å². The molecule has 1 aliphatic rings. The zero-order chi connectivity index (χ0) is 15.9. The predicted octanol–water partition coefficient (Wildman–Crippen LogP) is 1.80. The van der Waals surface area contributed by atoms with Crippen LogP contribution in [0.4, 0.5) is 4.79 Å². The van der Waals surface area contributed by atoms with Crippen LogP contribution in [0.15, 0.2) is 24.3 Å². The van der Waals surface area contributed by atoms with Gasteiger partial charge in [-0.2, -0.15) is 0 Å². The molecule has 2 amide bonds. The Morgan fingerprint density at radius 2 is 2.23 bits per heavy atom. The molecule has 0 aliphatic carbocycles. The van der Waals surface area contributed by atoms with Crippen LogP contribution in [0.3, 0.4) is 0 Å². The Hall–Kier alpha value is -1.59. The number of likely N-dealkylation sites (tertiary alicyclic amines) is 1. The molecule has 1 aliphatic heterocycles. The highest BCUT2D eigenvalue weighted by molar-refractivity contribution is 5.74. The second-order valence-corrected chi connectivity index (χ2v) is 6.05. The van der Waals surface area contributed by atoms with Crippen molar-refractivity contribution in [3.63, 3.8) is 0 Å². The molecular weight excluding hydrogens is 278 g/mol. The number of rotatable bonds is 5. The summed E-state index contributed by atoms with van der Waals surface area (Å²) in [5, 5.41) is 12.6. The van der Waals surface area contributed by atoms with Crippen LogP contribution in [-0.2, 0) is 13.1 Å². The predicted molar refractivity (Wildman–Crippen MR) is 87.5 cm³/mol. The molecule has 0 aromatic heterocycles. The van der Waals surface area contributed by atoms with E-state index < -0.39 is 0 Å². The average Bonchev–Trinajstić information content (AvgIpc) is 2.53. The van der Waals surface area contributed by atoms with Crippen LogP contribution in [0, 0.1) is 0 Å². The average molecular weight is 305 g/mol. The van der Waals surface area contributed by atoms with E-state index in [1.807, 2.05) is 12.1 Å². The van der Waals surface area contributed by atoms with Gasteiger partial charge in [0.25, 0.3) is 0 Å². The van der Waals surface area contributed by atoms with Gasteiger partial charge in [-0.1, -0.05) is 31.2 Å². The summed E-state index contributed by atoms with van der Waals surface area (Å²) in [7, 11) is 2.09. The fourth-order valence-electron chi connectivity index (χ4n) is 2.69. The quantitative estimate of drug-likeness (QED) is 0.872. The van der Waals surface area contributed by atoms with Gasteiger partial charge >= 0.3 is 6.03 Å². The van der Waals surface area contributed by atoms with Crippen molar-refractivity contribution < 1.29 is 9.90 Å². The maximum Gasteiger partial charge on any atom is 0.317 e. The van der Waals surface area contributed by atoms with Crippen LogP contribution < -0.4 is 5.32 Å². The number of hydrogen-bond donors (Lipinski definition) is 2. The molecule has 0 spiro atoms. The number of amides is 2. The number of nitrogens with zero attached hydrogens (tertiary/aromatic N) is 2. The number of β-amino-alcohol motifs (C(OH)–C–C–N with tert-alkyl or cyclic N) is 1. The maximum atomic E-state index is 12.1. The first-order valence-corrected chi connectivity index (χ1v) is 8.05. The third-order valence-corrected chi connectivity index (χ3v) is 4.11. The zero-order valence-electron chi connectivity index (χ0n) is 13.6. The van der Waals surface area contributed by atoms with Crippen molar-refractivity contribution in [3.05, 3.63) is 35.4 Å². The Morgan fingerprint density at radius 1 is 1.45 bits per heavy atom. The highest BCUT2D eigenvalue weighted by Crippen LogP contribution is 2.11. The van der Waals surface area contributed by atoms with Crippen LogP contribution in [-0.4, -0.2) is 53.7 Å². The normalized spacial score (nSPS) is 18.5. The van der Waals surface area contributed by atoms with E-state index in [1.165, 1.54) is 5.56 Å². The summed E-state index contributed by atoms with van der Waals surface area (Å²) in [6.45, 7) is 5.75. The van der Waals surface area contributed by atoms with E-state index in [0.29, 0.717) is 13.1 Å². The first kappa shape index (κ1) is 16.8. The van der Waals surface area contributed by atoms with Gasteiger partial charge in [0, 0.05) is 26.2 Å². The summed E-state index contributed by atoms with van der Waals surface area (Å²) < 4.78 is 0. The van der Waals surface area contributed by atoms with Gasteiger partial charge in [0.1, 0.15) is 0 Å². The summed E-state index contributed by atoms with van der Waals surface area (Å²) in [5.41, 5.74) is 2.36. The Balaban J connectivity index is 1.85. The molecule has 1 fully saturated rings. The third kappa shape index (κ3) is 5.00. The van der Waals surface area contributed by atoms with Gasteiger partial charge in [-0.25, -0.2) is 4.79 Å². The topological polar surface area (TPSA) is 55.8 Å². The van der Waals surface area contributed by atoms with E-state index in [1.54, 1.807) is 4.90 Å². The number of carbonyl (C=O) groups excluding carboxylic acids is 1. The number of hydrogen-bond acceptors (Lipinski definition) is 3. The number of urea groups is 1. The number of nitrogens with one attached hydrogen (secondary N) is 1. The molecule has 1 atom stereocenters. The highest BCUT2D eigenvalue weighted by Gasteiger charge is 2.21. The van der Waals surface area contributed by atoms with Crippen LogP contribution in [0.25, 0.3) is 0 Å². The molecule has 5 heteroatoms. The van der Waals surface area contributed by atoms with Gasteiger partial charge in [-0.3, -0.25) is 0 Å². The van der Waals surface area contributed by atoms with E-state index in [2.05, 4.69) is 36.3 Å². The molecule has 2 N–H and O–H groups in total. The second kappa shape index (κ2) is 8.15. The smallest absolute Gasteiger partial charge is 0.317 e. The van der Waals surface area contributed by atoms with Crippen LogP contribution in [0.1, 0.15) is 30.9 Å². The van der Waals surface area contributed by atoms with E-state index in [4.69, 9.17) is 0 Å². The lowest BCUT2D eigenvalue weighted by Crippen LogP contribution is -2.46. The molecule has 1 unspecified atom stereocenters. The number of piperidine rings is 1. The second-order valence-electron chi connectivity index (χ2n) is 6.05. The number of benzene rings is 1. The maximum absolute atomic E-state index is 12.1. The van der Waals surface area contributed by atoms with Crippen molar-refractivity contribution in [1.82, 2.24) is 15.1 Å².